The lowest BCUT2D eigenvalue weighted by Crippen LogP contribution is -2.43. The van der Waals surface area contributed by atoms with E-state index in [2.05, 4.69) is 28.0 Å². The van der Waals surface area contributed by atoms with Gasteiger partial charge in [-0.3, -0.25) is 4.79 Å². The summed E-state index contributed by atoms with van der Waals surface area (Å²) in [6.45, 7) is 1.58. The third-order valence-corrected chi connectivity index (χ3v) is 8.79. The third-order valence-electron chi connectivity index (χ3n) is 7.55. The number of thiophene rings is 1. The maximum atomic E-state index is 14.0. The number of carbonyl (C=O) groups is 1. The highest BCUT2D eigenvalue weighted by molar-refractivity contribution is 7.10. The first-order chi connectivity index (χ1) is 16.4. The summed E-state index contributed by atoms with van der Waals surface area (Å²) in [6.07, 6.45) is 6.94. The SMILES string of the molecule is CN1CCC[C@H]1COc1cc(Cl)nc(/C(N)=C2\CCC[C@@]3(CCCc4scc(C#N)c43)C2=O)n1. The van der Waals surface area contributed by atoms with E-state index in [-0.39, 0.29) is 22.5 Å². The number of Topliss-reactive ketones (excluding diaryl/α,β-unsaturated/α-hetero) is 1. The first-order valence-corrected chi connectivity index (χ1v) is 13.1. The number of allylic oxidation sites excluding steroid dienone is 1. The third kappa shape index (κ3) is 4.00. The van der Waals surface area contributed by atoms with Crippen LogP contribution in [0.15, 0.2) is 17.0 Å². The van der Waals surface area contributed by atoms with E-state index in [9.17, 15) is 10.1 Å². The zero-order valence-electron chi connectivity index (χ0n) is 19.3. The number of aryl methyl sites for hydroxylation is 1. The highest BCUT2D eigenvalue weighted by Gasteiger charge is 2.48. The van der Waals surface area contributed by atoms with E-state index in [1.807, 2.05) is 5.38 Å². The maximum Gasteiger partial charge on any atom is 0.218 e. The van der Waals surface area contributed by atoms with Crippen molar-refractivity contribution in [1.29, 1.82) is 5.26 Å². The van der Waals surface area contributed by atoms with Crippen LogP contribution in [0.5, 0.6) is 5.88 Å². The standard InChI is InChI=1S/C25H28ClN5O2S/c1-31-10-4-5-16(31)13-33-20-11-19(26)29-24(30-20)22(28)17-6-2-8-25(23(17)32)9-3-7-18-21(25)15(12-27)14-34-18/h11,14,16H,2-10,13,28H2,1H3/b22-17-/t16-,25-/m0/s1. The minimum atomic E-state index is -0.679. The van der Waals surface area contributed by atoms with Gasteiger partial charge in [0, 0.05) is 27.9 Å². The maximum absolute atomic E-state index is 14.0. The van der Waals surface area contributed by atoms with Crippen LogP contribution in [-0.4, -0.2) is 46.9 Å². The molecular formula is C25H28ClN5O2S. The van der Waals surface area contributed by atoms with Gasteiger partial charge in [0.1, 0.15) is 17.8 Å². The Hall–Kier alpha value is -2.47. The molecule has 3 heterocycles. The van der Waals surface area contributed by atoms with Crippen molar-refractivity contribution < 1.29 is 9.53 Å². The topological polar surface area (TPSA) is 105 Å². The first-order valence-electron chi connectivity index (χ1n) is 11.9. The Morgan fingerprint density at radius 2 is 2.15 bits per heavy atom. The van der Waals surface area contributed by atoms with E-state index in [0.29, 0.717) is 36.1 Å². The Bertz CT molecular complexity index is 1200. The summed E-state index contributed by atoms with van der Waals surface area (Å²) in [5.74, 6) is 0.594. The second kappa shape index (κ2) is 9.29. The largest absolute Gasteiger partial charge is 0.476 e. The molecule has 0 radical (unpaired) electrons. The normalized spacial score (nSPS) is 26.4. The van der Waals surface area contributed by atoms with Gasteiger partial charge < -0.3 is 15.4 Å². The Labute approximate surface area is 208 Å². The quantitative estimate of drug-likeness (QED) is 0.497. The number of carbonyl (C=O) groups excluding carboxylic acids is 1. The first kappa shape index (κ1) is 23.3. The van der Waals surface area contributed by atoms with Crippen LogP contribution in [-0.2, 0) is 16.6 Å². The molecule has 1 spiro atoms. The molecule has 0 amide bonds. The molecule has 34 heavy (non-hydrogen) atoms. The molecule has 9 heteroatoms. The number of halogens is 1. The molecule has 1 aliphatic heterocycles. The minimum Gasteiger partial charge on any atom is -0.476 e. The van der Waals surface area contributed by atoms with Crippen molar-refractivity contribution >= 4 is 34.4 Å². The monoisotopic (exact) mass is 497 g/mol. The molecule has 0 aromatic carbocycles. The summed E-state index contributed by atoms with van der Waals surface area (Å²) in [6, 6.07) is 4.23. The number of rotatable bonds is 4. The zero-order valence-corrected chi connectivity index (χ0v) is 20.8. The molecule has 0 bridgehead atoms. The summed E-state index contributed by atoms with van der Waals surface area (Å²) in [5.41, 5.74) is 8.22. The Kier molecular flexibility index (Phi) is 6.36. The Morgan fingerprint density at radius 1 is 1.35 bits per heavy atom. The smallest absolute Gasteiger partial charge is 0.218 e. The number of nitrogens with two attached hydrogens (primary N) is 1. The van der Waals surface area contributed by atoms with Crippen molar-refractivity contribution in [1.82, 2.24) is 14.9 Å². The van der Waals surface area contributed by atoms with Gasteiger partial charge in [-0.25, -0.2) is 4.98 Å². The molecule has 2 atom stereocenters. The van der Waals surface area contributed by atoms with Gasteiger partial charge in [0.05, 0.1) is 16.7 Å². The molecule has 1 saturated carbocycles. The number of fused-ring (bicyclic) bond motifs is 2. The number of likely N-dealkylation sites (tertiary alicyclic amines) is 1. The molecular weight excluding hydrogens is 470 g/mol. The molecule has 2 N–H and O–H groups in total. The van der Waals surface area contributed by atoms with E-state index < -0.39 is 5.41 Å². The number of likely N-dealkylation sites (N-methyl/N-ethyl adjacent to an activating group) is 1. The molecule has 178 valence electrons. The highest BCUT2D eigenvalue weighted by Crippen LogP contribution is 2.50. The van der Waals surface area contributed by atoms with Gasteiger partial charge >= 0.3 is 0 Å². The summed E-state index contributed by atoms with van der Waals surface area (Å²) >= 11 is 7.88. The summed E-state index contributed by atoms with van der Waals surface area (Å²) in [5, 5.41) is 11.8. The second-order valence-corrected chi connectivity index (χ2v) is 10.9. The average Bonchev–Trinajstić information content (AvgIpc) is 3.45. The van der Waals surface area contributed by atoms with Gasteiger partial charge in [-0.1, -0.05) is 11.6 Å². The zero-order chi connectivity index (χ0) is 23.9. The van der Waals surface area contributed by atoms with Gasteiger partial charge in [0.25, 0.3) is 0 Å². The molecule has 7 nitrogen and oxygen atoms in total. The number of nitrogens with zero attached hydrogens (tertiary/aromatic N) is 4. The van der Waals surface area contributed by atoms with Crippen LogP contribution in [0.3, 0.4) is 0 Å². The molecule has 2 aromatic rings. The Morgan fingerprint density at radius 3 is 2.88 bits per heavy atom. The van der Waals surface area contributed by atoms with Crippen molar-refractivity contribution in [3.8, 4) is 11.9 Å². The van der Waals surface area contributed by atoms with Crippen LogP contribution in [0, 0.1) is 11.3 Å². The summed E-state index contributed by atoms with van der Waals surface area (Å²) in [4.78, 5) is 26.2. The summed E-state index contributed by atoms with van der Waals surface area (Å²) < 4.78 is 5.95. The van der Waals surface area contributed by atoms with Gasteiger partial charge in [-0.05, 0) is 70.5 Å². The number of aromatic nitrogens is 2. The number of hydrogen-bond acceptors (Lipinski definition) is 8. The molecule has 5 rings (SSSR count). The van der Waals surface area contributed by atoms with E-state index >= 15 is 0 Å². The molecule has 1 saturated heterocycles. The fourth-order valence-electron chi connectivity index (χ4n) is 5.78. The van der Waals surface area contributed by atoms with Crippen LogP contribution >= 0.6 is 22.9 Å². The van der Waals surface area contributed by atoms with Gasteiger partial charge in [-0.15, -0.1) is 11.3 Å². The molecule has 2 aromatic heterocycles. The molecule has 0 unspecified atom stereocenters. The van der Waals surface area contributed by atoms with Crippen LogP contribution in [0.2, 0.25) is 5.15 Å². The minimum absolute atomic E-state index is 0.00530. The second-order valence-electron chi connectivity index (χ2n) is 9.51. The van der Waals surface area contributed by atoms with Crippen LogP contribution < -0.4 is 10.5 Å². The summed E-state index contributed by atoms with van der Waals surface area (Å²) in [7, 11) is 2.09. The Balaban J connectivity index is 1.47. The van der Waals surface area contributed by atoms with Crippen molar-refractivity contribution in [3.63, 3.8) is 0 Å². The van der Waals surface area contributed by atoms with Crippen molar-refractivity contribution in [2.24, 2.45) is 5.73 Å². The predicted molar refractivity (Wildman–Crippen MR) is 132 cm³/mol. The van der Waals surface area contributed by atoms with Gasteiger partial charge in [0.15, 0.2) is 11.6 Å². The lowest BCUT2D eigenvalue weighted by Gasteiger charge is -2.40. The fourth-order valence-corrected chi connectivity index (χ4v) is 7.07. The number of ether oxygens (including phenoxy) is 1. The van der Waals surface area contributed by atoms with Crippen molar-refractivity contribution in [2.45, 2.75) is 62.8 Å². The van der Waals surface area contributed by atoms with E-state index in [4.69, 9.17) is 22.1 Å². The number of hydrogen-bond donors (Lipinski definition) is 1. The van der Waals surface area contributed by atoms with Crippen LogP contribution in [0.25, 0.3) is 5.70 Å². The van der Waals surface area contributed by atoms with Crippen LogP contribution in [0.1, 0.15) is 66.8 Å². The van der Waals surface area contributed by atoms with Crippen molar-refractivity contribution in [3.05, 3.63) is 44.0 Å². The van der Waals surface area contributed by atoms with E-state index in [1.165, 1.54) is 0 Å². The highest BCUT2D eigenvalue weighted by atomic mass is 35.5. The fraction of sp³-hybridized carbons (Fsp3) is 0.520. The molecule has 2 fully saturated rings. The average molecular weight is 498 g/mol. The predicted octanol–water partition coefficient (Wildman–Crippen LogP) is 4.23. The molecule has 2 aliphatic carbocycles. The number of ketones is 1. The molecule has 3 aliphatic rings. The lowest BCUT2D eigenvalue weighted by atomic mass is 9.61. The van der Waals surface area contributed by atoms with Gasteiger partial charge in [-0.2, -0.15) is 10.2 Å². The van der Waals surface area contributed by atoms with Gasteiger partial charge in [0.2, 0.25) is 5.88 Å². The van der Waals surface area contributed by atoms with E-state index in [1.54, 1.807) is 17.4 Å². The van der Waals surface area contributed by atoms with Crippen molar-refractivity contribution in [2.75, 3.05) is 20.2 Å². The van der Waals surface area contributed by atoms with Crippen LogP contribution in [0.4, 0.5) is 0 Å². The number of nitriles is 1. The van der Waals surface area contributed by atoms with E-state index in [0.717, 1.165) is 61.9 Å². The lowest BCUT2D eigenvalue weighted by molar-refractivity contribution is -0.122.